The van der Waals surface area contributed by atoms with Crippen molar-refractivity contribution in [2.24, 2.45) is 11.8 Å². The topological polar surface area (TPSA) is 20.2 Å². The summed E-state index contributed by atoms with van der Waals surface area (Å²) in [6.07, 6.45) is 4.89. The number of thiophene rings is 1. The molecule has 3 heteroatoms. The van der Waals surface area contributed by atoms with Crippen molar-refractivity contribution in [1.82, 2.24) is 0 Å². The van der Waals surface area contributed by atoms with Gasteiger partial charge in [0.25, 0.3) is 0 Å². The van der Waals surface area contributed by atoms with E-state index in [0.717, 1.165) is 0 Å². The van der Waals surface area contributed by atoms with Crippen molar-refractivity contribution >= 4 is 18.6 Å². The van der Waals surface area contributed by atoms with Crippen molar-refractivity contribution in [2.45, 2.75) is 38.3 Å². The normalized spacial score (nSPS) is 30.1. The first-order valence-electron chi connectivity index (χ1n) is 6.66. The SMILES string of the molecule is [2H]OC[C@H]1C(C)C[B][C@@H]1CCCc1cccs1. The molecule has 0 amide bonds. The van der Waals surface area contributed by atoms with Gasteiger partial charge < -0.3 is 5.11 Å². The second kappa shape index (κ2) is 5.88. The van der Waals surface area contributed by atoms with E-state index >= 15 is 0 Å². The molecule has 1 aromatic heterocycles. The van der Waals surface area contributed by atoms with Crippen LogP contribution in [-0.4, -0.2) is 20.4 Å². The molecule has 0 aliphatic carbocycles. The molecule has 1 aliphatic heterocycles. The van der Waals surface area contributed by atoms with Gasteiger partial charge in [0.15, 0.2) is 0 Å². The summed E-state index contributed by atoms with van der Waals surface area (Å²) < 4.78 is 6.93. The Labute approximate surface area is 105 Å². The third kappa shape index (κ3) is 2.89. The first-order valence-corrected chi connectivity index (χ1v) is 7.13. The zero-order valence-electron chi connectivity index (χ0n) is 10.9. The fraction of sp³-hybridized carbons (Fsp3) is 0.692. The van der Waals surface area contributed by atoms with Gasteiger partial charge in [-0.3, -0.25) is 0 Å². The van der Waals surface area contributed by atoms with E-state index < -0.39 is 0 Å². The van der Waals surface area contributed by atoms with E-state index in [0.29, 0.717) is 24.3 Å². The Morgan fingerprint density at radius 3 is 3.38 bits per heavy atom. The molecule has 3 atom stereocenters. The van der Waals surface area contributed by atoms with Crippen molar-refractivity contribution in [2.75, 3.05) is 6.61 Å². The molecule has 1 saturated heterocycles. The highest BCUT2D eigenvalue weighted by Crippen LogP contribution is 2.39. The lowest BCUT2D eigenvalue weighted by molar-refractivity contribution is 0.189. The van der Waals surface area contributed by atoms with Gasteiger partial charge in [-0.2, -0.15) is 0 Å². The summed E-state index contributed by atoms with van der Waals surface area (Å²) >= 11 is 1.85. The van der Waals surface area contributed by atoms with Crippen LogP contribution < -0.4 is 0 Å². The number of aryl methyl sites for hydroxylation is 1. The van der Waals surface area contributed by atoms with Crippen LogP contribution in [0, 0.1) is 11.8 Å². The van der Waals surface area contributed by atoms with E-state index in [4.69, 9.17) is 1.43 Å². The van der Waals surface area contributed by atoms with Crippen LogP contribution in [0.15, 0.2) is 17.5 Å². The van der Waals surface area contributed by atoms with Crippen LogP contribution in [0.3, 0.4) is 0 Å². The van der Waals surface area contributed by atoms with Gasteiger partial charge in [-0.1, -0.05) is 31.5 Å². The average Bonchev–Trinajstić information content (AvgIpc) is 2.93. The fourth-order valence-electron chi connectivity index (χ4n) is 2.75. The van der Waals surface area contributed by atoms with E-state index in [1.165, 1.54) is 30.5 Å². The van der Waals surface area contributed by atoms with Gasteiger partial charge in [-0.15, -0.1) is 11.3 Å². The van der Waals surface area contributed by atoms with Crippen molar-refractivity contribution in [1.29, 1.82) is 1.43 Å². The first kappa shape index (κ1) is 10.9. The molecule has 87 valence electrons. The van der Waals surface area contributed by atoms with E-state index in [1.54, 1.807) is 0 Å². The highest BCUT2D eigenvalue weighted by atomic mass is 32.1. The van der Waals surface area contributed by atoms with E-state index in [2.05, 4.69) is 36.8 Å². The molecule has 2 heterocycles. The molecule has 0 bridgehead atoms. The summed E-state index contributed by atoms with van der Waals surface area (Å²) in [7, 11) is 2.45. The standard InChI is InChI=1S/C13H20BOS/c1-10-8-14-13(12(10)9-15)6-2-4-11-5-3-7-16-11/h3,5,7,10,12-13,15H,2,4,6,8-9H2,1H3/t10?,12-,13+/m0/s1/i15D. The molecule has 0 spiro atoms. The minimum atomic E-state index is 0.566. The second-order valence-electron chi connectivity index (χ2n) is 4.91. The largest absolute Gasteiger partial charge is 0.396 e. The number of hydrogen-bond donors (Lipinski definition) is 1. The molecule has 1 radical (unpaired) electrons. The molecule has 16 heavy (non-hydrogen) atoms. The highest BCUT2D eigenvalue weighted by Gasteiger charge is 2.32. The molecule has 0 saturated carbocycles. The maximum absolute atomic E-state index is 6.93. The third-order valence-corrected chi connectivity index (χ3v) is 4.76. The fourth-order valence-corrected chi connectivity index (χ4v) is 3.50. The van der Waals surface area contributed by atoms with Crippen LogP contribution in [0.1, 0.15) is 24.6 Å². The molecule has 1 aromatic rings. The molecule has 1 fully saturated rings. The molecule has 1 aliphatic rings. The summed E-state index contributed by atoms with van der Waals surface area (Å²) in [6, 6.07) is 4.34. The molecule has 1 unspecified atom stereocenters. The van der Waals surface area contributed by atoms with Gasteiger partial charge in [-0.25, -0.2) is 0 Å². The Bertz CT molecular complexity index is 317. The van der Waals surface area contributed by atoms with Gasteiger partial charge in [0.1, 0.15) is 7.28 Å². The Hall–Kier alpha value is -0.275. The monoisotopic (exact) mass is 236 g/mol. The molecule has 0 aromatic carbocycles. The van der Waals surface area contributed by atoms with Gasteiger partial charge in [0.05, 0.1) is 0 Å². The van der Waals surface area contributed by atoms with Crippen LogP contribution in [0.4, 0.5) is 0 Å². The number of hydrogen-bond acceptors (Lipinski definition) is 2. The third-order valence-electron chi connectivity index (χ3n) is 3.82. The zero-order chi connectivity index (χ0) is 12.1. The minimum absolute atomic E-state index is 0.566. The Kier molecular flexibility index (Phi) is 3.99. The van der Waals surface area contributed by atoms with Gasteiger partial charge >= 0.3 is 0 Å². The van der Waals surface area contributed by atoms with Crippen LogP contribution in [0.2, 0.25) is 12.1 Å². The number of rotatable bonds is 6. The van der Waals surface area contributed by atoms with E-state index in [1.807, 2.05) is 11.3 Å². The van der Waals surface area contributed by atoms with Gasteiger partial charge in [0.2, 0.25) is 1.43 Å². The zero-order valence-corrected chi connectivity index (χ0v) is 10.7. The van der Waals surface area contributed by atoms with Gasteiger partial charge in [0, 0.05) is 11.5 Å². The Morgan fingerprint density at radius 1 is 1.69 bits per heavy atom. The van der Waals surface area contributed by atoms with Crippen LogP contribution in [-0.2, 0) is 6.42 Å². The van der Waals surface area contributed by atoms with Crippen LogP contribution >= 0.6 is 11.3 Å². The predicted octanol–water partition coefficient (Wildman–Crippen LogP) is 3.24. The summed E-state index contributed by atoms with van der Waals surface area (Å²) in [4.78, 5) is 1.49. The lowest BCUT2D eigenvalue weighted by Crippen LogP contribution is -2.14. The lowest BCUT2D eigenvalue weighted by atomic mass is 9.63. The molecular formula is C13H20BOS. The maximum Gasteiger partial charge on any atom is 0.210 e. The predicted molar refractivity (Wildman–Crippen MR) is 71.3 cm³/mol. The maximum atomic E-state index is 6.93. The average molecular weight is 236 g/mol. The quantitative estimate of drug-likeness (QED) is 0.752. The Morgan fingerprint density at radius 2 is 2.62 bits per heavy atom. The molecular weight excluding hydrogens is 215 g/mol. The van der Waals surface area contributed by atoms with Gasteiger partial charge in [-0.05, 0) is 36.1 Å². The molecule has 1 N–H and O–H groups in total. The molecule has 2 rings (SSSR count). The number of aliphatic hydroxyl groups excluding tert-OH is 1. The summed E-state index contributed by atoms with van der Waals surface area (Å²) in [5, 5.41) is 6.76. The van der Waals surface area contributed by atoms with E-state index in [9.17, 15) is 0 Å². The second-order valence-corrected chi connectivity index (χ2v) is 5.95. The van der Waals surface area contributed by atoms with Crippen molar-refractivity contribution in [3.63, 3.8) is 0 Å². The summed E-state index contributed by atoms with van der Waals surface area (Å²) in [5.41, 5.74) is 0. The van der Waals surface area contributed by atoms with Crippen molar-refractivity contribution < 1.29 is 5.11 Å². The van der Waals surface area contributed by atoms with Crippen molar-refractivity contribution in [3.8, 4) is 0 Å². The van der Waals surface area contributed by atoms with E-state index in [-0.39, 0.29) is 0 Å². The Balaban J connectivity index is 1.74. The molecule has 1 nitrogen and oxygen atoms in total. The van der Waals surface area contributed by atoms with Crippen LogP contribution in [0.25, 0.3) is 0 Å². The lowest BCUT2D eigenvalue weighted by Gasteiger charge is -2.20. The first-order chi connectivity index (χ1) is 8.31. The van der Waals surface area contributed by atoms with Crippen molar-refractivity contribution in [3.05, 3.63) is 22.4 Å². The minimum Gasteiger partial charge on any atom is -0.396 e. The summed E-state index contributed by atoms with van der Waals surface area (Å²) in [6.45, 7) is 2.88. The van der Waals surface area contributed by atoms with Crippen LogP contribution in [0.5, 0.6) is 0 Å². The highest BCUT2D eigenvalue weighted by molar-refractivity contribution is 7.09. The smallest absolute Gasteiger partial charge is 0.210 e. The number of aliphatic hydroxyl groups is 1. The summed E-state index contributed by atoms with van der Waals surface area (Å²) in [5.74, 6) is 1.92.